The molecule has 3 aromatic heterocycles. The molecule has 0 bridgehead atoms. The first-order chi connectivity index (χ1) is 10.2. The molecule has 1 N–H and O–H groups in total. The summed E-state index contributed by atoms with van der Waals surface area (Å²) >= 11 is 0. The lowest BCUT2D eigenvalue weighted by Crippen LogP contribution is -2.27. The fourth-order valence-electron chi connectivity index (χ4n) is 2.12. The van der Waals surface area contributed by atoms with E-state index < -0.39 is 0 Å². The van der Waals surface area contributed by atoms with Crippen LogP contribution in [0.3, 0.4) is 0 Å². The highest BCUT2D eigenvalue weighted by Gasteiger charge is 2.17. The van der Waals surface area contributed by atoms with Crippen molar-refractivity contribution >= 4 is 11.6 Å². The maximum Gasteiger partial charge on any atom is 0.257 e. The van der Waals surface area contributed by atoms with Gasteiger partial charge in [-0.05, 0) is 26.0 Å². The van der Waals surface area contributed by atoms with Crippen LogP contribution >= 0.6 is 0 Å². The Morgan fingerprint density at radius 1 is 1.43 bits per heavy atom. The number of fused-ring (bicyclic) bond motifs is 1. The zero-order valence-corrected chi connectivity index (χ0v) is 11.9. The molecule has 108 valence electrons. The molecule has 3 heterocycles. The lowest BCUT2D eigenvalue weighted by molar-refractivity contribution is 0.0940. The Bertz CT molecular complexity index is 774. The van der Waals surface area contributed by atoms with E-state index in [9.17, 15) is 4.79 Å². The highest BCUT2D eigenvalue weighted by Crippen LogP contribution is 2.12. The quantitative estimate of drug-likeness (QED) is 0.786. The van der Waals surface area contributed by atoms with Gasteiger partial charge in [-0.1, -0.05) is 0 Å². The van der Waals surface area contributed by atoms with Gasteiger partial charge in [0.2, 0.25) is 0 Å². The first kappa shape index (κ1) is 13.3. The third-order valence-electron chi connectivity index (χ3n) is 3.30. The summed E-state index contributed by atoms with van der Waals surface area (Å²) in [5, 5.41) is 11.4. The van der Waals surface area contributed by atoms with Crippen molar-refractivity contribution in [1.82, 2.24) is 29.7 Å². The van der Waals surface area contributed by atoms with E-state index in [2.05, 4.69) is 20.5 Å². The highest BCUT2D eigenvalue weighted by atomic mass is 16.1. The van der Waals surface area contributed by atoms with Crippen LogP contribution in [0.25, 0.3) is 5.65 Å². The monoisotopic (exact) mass is 284 g/mol. The second-order valence-corrected chi connectivity index (χ2v) is 4.74. The molecule has 1 amide bonds. The molecule has 0 aliphatic rings. The minimum Gasteiger partial charge on any atom is -0.344 e. The van der Waals surface area contributed by atoms with E-state index in [0.29, 0.717) is 11.2 Å². The zero-order valence-electron chi connectivity index (χ0n) is 11.9. The van der Waals surface area contributed by atoms with E-state index in [1.54, 1.807) is 23.0 Å². The Hall–Kier alpha value is -2.70. The third kappa shape index (κ3) is 2.49. The number of nitrogens with zero attached hydrogens (tertiary/aromatic N) is 5. The lowest BCUT2D eigenvalue weighted by Gasteiger charge is -2.10. The summed E-state index contributed by atoms with van der Waals surface area (Å²) in [6.07, 6.45) is 6.81. The van der Waals surface area contributed by atoms with Gasteiger partial charge in [0.25, 0.3) is 5.91 Å². The number of hydrogen-bond acceptors (Lipinski definition) is 4. The highest BCUT2D eigenvalue weighted by molar-refractivity contribution is 5.99. The largest absolute Gasteiger partial charge is 0.344 e. The molecule has 0 saturated heterocycles. The van der Waals surface area contributed by atoms with Gasteiger partial charge in [0, 0.05) is 25.1 Å². The van der Waals surface area contributed by atoms with Crippen LogP contribution in [0.15, 0.2) is 36.9 Å². The average Bonchev–Trinajstić information content (AvgIpc) is 3.14. The van der Waals surface area contributed by atoms with E-state index in [-0.39, 0.29) is 11.9 Å². The van der Waals surface area contributed by atoms with Gasteiger partial charge in [-0.2, -0.15) is 10.2 Å². The number of rotatable bonds is 4. The zero-order chi connectivity index (χ0) is 14.8. The maximum atomic E-state index is 12.3. The first-order valence-corrected chi connectivity index (χ1v) is 6.81. The number of aromatic nitrogens is 5. The maximum absolute atomic E-state index is 12.3. The number of carbonyl (C=O) groups excluding carboxylic acids is 1. The molecule has 7 heteroatoms. The van der Waals surface area contributed by atoms with Gasteiger partial charge >= 0.3 is 0 Å². The summed E-state index contributed by atoms with van der Waals surface area (Å²) in [6, 6.07) is 3.49. The molecular formula is C14H16N6O. The van der Waals surface area contributed by atoms with E-state index in [4.69, 9.17) is 0 Å². The number of amides is 1. The normalized spacial score (nSPS) is 12.5. The van der Waals surface area contributed by atoms with Crippen molar-refractivity contribution in [1.29, 1.82) is 0 Å². The molecule has 0 saturated carbocycles. The van der Waals surface area contributed by atoms with Gasteiger partial charge in [0.1, 0.15) is 5.56 Å². The minimum absolute atomic E-state index is 0.177. The summed E-state index contributed by atoms with van der Waals surface area (Å²) in [7, 11) is 0. The van der Waals surface area contributed by atoms with Gasteiger partial charge in [0.15, 0.2) is 5.65 Å². The van der Waals surface area contributed by atoms with Crippen LogP contribution in [0.5, 0.6) is 0 Å². The number of carbonyl (C=O) groups is 1. The summed E-state index contributed by atoms with van der Waals surface area (Å²) in [5.41, 5.74) is 1.83. The van der Waals surface area contributed by atoms with Crippen LogP contribution in [0.1, 0.15) is 35.9 Å². The van der Waals surface area contributed by atoms with E-state index in [1.165, 1.54) is 6.20 Å². The van der Waals surface area contributed by atoms with Crippen LogP contribution in [0.4, 0.5) is 0 Å². The second kappa shape index (κ2) is 5.35. The van der Waals surface area contributed by atoms with Crippen LogP contribution in [0, 0.1) is 0 Å². The summed E-state index contributed by atoms with van der Waals surface area (Å²) in [6.45, 7) is 4.72. The molecule has 3 aromatic rings. The SMILES string of the molecule is CCn1ccc(C(C)NC(=O)c2cnn3cccnc23)n1. The Balaban J connectivity index is 1.79. The second-order valence-electron chi connectivity index (χ2n) is 4.74. The smallest absolute Gasteiger partial charge is 0.257 e. The van der Waals surface area contributed by atoms with Gasteiger partial charge in [-0.25, -0.2) is 9.50 Å². The predicted octanol–water partition coefficient (Wildman–Crippen LogP) is 1.44. The van der Waals surface area contributed by atoms with E-state index in [1.807, 2.05) is 30.8 Å². The molecule has 0 spiro atoms. The Kier molecular flexibility index (Phi) is 3.39. The van der Waals surface area contributed by atoms with E-state index >= 15 is 0 Å². The van der Waals surface area contributed by atoms with Crippen molar-refractivity contribution in [2.45, 2.75) is 26.4 Å². The van der Waals surface area contributed by atoms with Gasteiger partial charge < -0.3 is 5.32 Å². The summed E-state index contributed by atoms with van der Waals surface area (Å²) < 4.78 is 3.40. The van der Waals surface area contributed by atoms with Crippen molar-refractivity contribution < 1.29 is 4.79 Å². The Morgan fingerprint density at radius 3 is 3.05 bits per heavy atom. The summed E-state index contributed by atoms with van der Waals surface area (Å²) in [4.78, 5) is 16.5. The molecule has 3 rings (SSSR count). The fourth-order valence-corrected chi connectivity index (χ4v) is 2.12. The van der Waals surface area contributed by atoms with Gasteiger partial charge in [-0.15, -0.1) is 0 Å². The lowest BCUT2D eigenvalue weighted by atomic mass is 10.2. The van der Waals surface area contributed by atoms with Crippen LogP contribution in [0.2, 0.25) is 0 Å². The van der Waals surface area contributed by atoms with Crippen molar-refractivity contribution in [2.75, 3.05) is 0 Å². The van der Waals surface area contributed by atoms with Crippen LogP contribution in [-0.4, -0.2) is 30.3 Å². The third-order valence-corrected chi connectivity index (χ3v) is 3.30. The molecule has 0 aliphatic carbocycles. The molecule has 21 heavy (non-hydrogen) atoms. The molecule has 1 atom stereocenters. The first-order valence-electron chi connectivity index (χ1n) is 6.81. The molecule has 0 aromatic carbocycles. The van der Waals surface area contributed by atoms with Crippen molar-refractivity contribution in [3.05, 3.63) is 48.2 Å². The fraction of sp³-hybridized carbons (Fsp3) is 0.286. The van der Waals surface area contributed by atoms with Crippen molar-refractivity contribution in [3.8, 4) is 0 Å². The van der Waals surface area contributed by atoms with E-state index in [0.717, 1.165) is 12.2 Å². The standard InChI is InChI=1S/C14H16N6O/c1-3-19-8-5-12(18-19)10(2)17-14(21)11-9-16-20-7-4-6-15-13(11)20/h4-10H,3H2,1-2H3,(H,17,21). The number of nitrogens with one attached hydrogen (secondary N) is 1. The molecule has 0 radical (unpaired) electrons. The molecule has 0 aliphatic heterocycles. The van der Waals surface area contributed by atoms with Crippen molar-refractivity contribution in [3.63, 3.8) is 0 Å². The van der Waals surface area contributed by atoms with Crippen LogP contribution < -0.4 is 5.32 Å². The van der Waals surface area contributed by atoms with Gasteiger partial charge in [-0.3, -0.25) is 9.48 Å². The summed E-state index contributed by atoms with van der Waals surface area (Å²) in [5.74, 6) is -0.206. The molecule has 1 unspecified atom stereocenters. The molecular weight excluding hydrogens is 268 g/mol. The number of hydrogen-bond donors (Lipinski definition) is 1. The Morgan fingerprint density at radius 2 is 2.29 bits per heavy atom. The topological polar surface area (TPSA) is 77.1 Å². The Labute approximate surface area is 121 Å². The minimum atomic E-state index is -0.206. The number of aryl methyl sites for hydroxylation is 1. The van der Waals surface area contributed by atoms with Gasteiger partial charge in [0.05, 0.1) is 17.9 Å². The molecule has 7 nitrogen and oxygen atoms in total. The van der Waals surface area contributed by atoms with Crippen molar-refractivity contribution in [2.24, 2.45) is 0 Å². The van der Waals surface area contributed by atoms with Crippen LogP contribution in [-0.2, 0) is 6.54 Å². The molecule has 0 fully saturated rings. The average molecular weight is 284 g/mol. The predicted molar refractivity (Wildman–Crippen MR) is 76.8 cm³/mol.